The lowest BCUT2D eigenvalue weighted by Gasteiger charge is -2.20. The van der Waals surface area contributed by atoms with Crippen LogP contribution in [0.25, 0.3) is 0 Å². The summed E-state index contributed by atoms with van der Waals surface area (Å²) in [6.45, 7) is 12.5. The molecular formula is C14H32N2. The van der Waals surface area contributed by atoms with Gasteiger partial charge in [-0.2, -0.15) is 0 Å². The molecule has 0 saturated carbocycles. The molecule has 0 aromatic carbocycles. The maximum atomic E-state index is 3.64. The van der Waals surface area contributed by atoms with Gasteiger partial charge >= 0.3 is 0 Å². The van der Waals surface area contributed by atoms with E-state index in [0.29, 0.717) is 6.04 Å². The monoisotopic (exact) mass is 228 g/mol. The first-order valence-corrected chi connectivity index (χ1v) is 7.18. The highest BCUT2D eigenvalue weighted by Gasteiger charge is 2.07. The van der Waals surface area contributed by atoms with Crippen molar-refractivity contribution in [3.8, 4) is 0 Å². The van der Waals surface area contributed by atoms with Gasteiger partial charge in [-0.05, 0) is 38.8 Å². The summed E-state index contributed by atoms with van der Waals surface area (Å²) in [5.41, 5.74) is 0. The molecule has 0 aliphatic rings. The molecule has 2 unspecified atom stereocenters. The summed E-state index contributed by atoms with van der Waals surface area (Å²) in [5.74, 6) is 0.869. The summed E-state index contributed by atoms with van der Waals surface area (Å²) in [6.07, 6.45) is 6.62. The fourth-order valence-electron chi connectivity index (χ4n) is 1.88. The summed E-state index contributed by atoms with van der Waals surface area (Å²) in [7, 11) is 0. The average molecular weight is 228 g/mol. The predicted octanol–water partition coefficient (Wildman–Crippen LogP) is 3.18. The number of nitrogens with one attached hydrogen (secondary N) is 2. The van der Waals surface area contributed by atoms with Gasteiger partial charge in [0.1, 0.15) is 0 Å². The quantitative estimate of drug-likeness (QED) is 0.531. The van der Waals surface area contributed by atoms with Crippen LogP contribution in [0.4, 0.5) is 0 Å². The van der Waals surface area contributed by atoms with Crippen LogP contribution in [0.3, 0.4) is 0 Å². The molecule has 2 N–H and O–H groups in total. The van der Waals surface area contributed by atoms with Gasteiger partial charge in [0.05, 0.1) is 0 Å². The zero-order valence-electron chi connectivity index (χ0n) is 11.8. The molecule has 0 aromatic heterocycles. The number of unbranched alkanes of at least 4 members (excludes halogenated alkanes) is 1. The Labute approximate surface area is 103 Å². The first-order chi connectivity index (χ1) is 7.74. The molecule has 0 aliphatic heterocycles. The number of hydrogen-bond acceptors (Lipinski definition) is 2. The van der Waals surface area contributed by atoms with Gasteiger partial charge in [-0.3, -0.25) is 0 Å². The van der Waals surface area contributed by atoms with Crippen molar-refractivity contribution in [2.75, 3.05) is 19.6 Å². The van der Waals surface area contributed by atoms with E-state index in [1.54, 1.807) is 0 Å². The minimum Gasteiger partial charge on any atom is -0.315 e. The lowest BCUT2D eigenvalue weighted by molar-refractivity contribution is 0.388. The molecule has 2 atom stereocenters. The second kappa shape index (κ2) is 11.4. The fourth-order valence-corrected chi connectivity index (χ4v) is 1.88. The van der Waals surface area contributed by atoms with Gasteiger partial charge in [-0.1, -0.05) is 40.0 Å². The van der Waals surface area contributed by atoms with Gasteiger partial charge in [0.15, 0.2) is 0 Å². The Hall–Kier alpha value is -0.0800. The normalized spacial score (nSPS) is 15.0. The number of rotatable bonds is 11. The molecule has 0 spiro atoms. The Morgan fingerprint density at radius 3 is 2.31 bits per heavy atom. The molecule has 0 amide bonds. The largest absolute Gasteiger partial charge is 0.315 e. The summed E-state index contributed by atoms with van der Waals surface area (Å²) in [4.78, 5) is 0. The summed E-state index contributed by atoms with van der Waals surface area (Å²) in [6, 6.07) is 0.599. The molecule has 0 bridgehead atoms. The molecular weight excluding hydrogens is 196 g/mol. The third-order valence-corrected chi connectivity index (χ3v) is 3.18. The second-order valence-electron chi connectivity index (χ2n) is 4.93. The van der Waals surface area contributed by atoms with Gasteiger partial charge in [-0.25, -0.2) is 0 Å². The topological polar surface area (TPSA) is 24.1 Å². The van der Waals surface area contributed by atoms with Crippen LogP contribution in [0.5, 0.6) is 0 Å². The Balaban J connectivity index is 3.50. The van der Waals surface area contributed by atoms with E-state index >= 15 is 0 Å². The van der Waals surface area contributed by atoms with Gasteiger partial charge in [-0.15, -0.1) is 0 Å². The Morgan fingerprint density at radius 2 is 1.75 bits per heavy atom. The van der Waals surface area contributed by atoms with Crippen LogP contribution in [0, 0.1) is 5.92 Å². The van der Waals surface area contributed by atoms with Crippen LogP contribution in [0.1, 0.15) is 59.8 Å². The van der Waals surface area contributed by atoms with Crippen LogP contribution in [0.2, 0.25) is 0 Å². The summed E-state index contributed by atoms with van der Waals surface area (Å²) < 4.78 is 0. The van der Waals surface area contributed by atoms with E-state index in [-0.39, 0.29) is 0 Å². The molecule has 98 valence electrons. The molecule has 0 fully saturated rings. The van der Waals surface area contributed by atoms with E-state index < -0.39 is 0 Å². The van der Waals surface area contributed by atoms with E-state index in [0.717, 1.165) is 19.0 Å². The zero-order valence-corrected chi connectivity index (χ0v) is 11.8. The minimum absolute atomic E-state index is 0.599. The maximum absolute atomic E-state index is 3.64. The standard InChI is InChI=1S/C14H32N2/c1-5-8-9-14(7-3)12-16-13(4)11-15-10-6-2/h13-16H,5-12H2,1-4H3. The lowest BCUT2D eigenvalue weighted by atomic mass is 9.99. The van der Waals surface area contributed by atoms with Crippen LogP contribution in [-0.2, 0) is 0 Å². The van der Waals surface area contributed by atoms with E-state index in [9.17, 15) is 0 Å². The smallest absolute Gasteiger partial charge is 0.0164 e. The van der Waals surface area contributed by atoms with Crippen LogP contribution in [0.15, 0.2) is 0 Å². The Kier molecular flexibility index (Phi) is 11.3. The van der Waals surface area contributed by atoms with Gasteiger partial charge in [0.2, 0.25) is 0 Å². The molecule has 0 heterocycles. The maximum Gasteiger partial charge on any atom is 0.0164 e. The van der Waals surface area contributed by atoms with E-state index in [1.165, 1.54) is 38.6 Å². The van der Waals surface area contributed by atoms with Gasteiger partial charge in [0, 0.05) is 12.6 Å². The molecule has 2 nitrogen and oxygen atoms in total. The van der Waals surface area contributed by atoms with E-state index in [1.807, 2.05) is 0 Å². The molecule has 0 rings (SSSR count). The second-order valence-corrected chi connectivity index (χ2v) is 4.93. The Morgan fingerprint density at radius 1 is 1.00 bits per heavy atom. The first-order valence-electron chi connectivity index (χ1n) is 7.18. The summed E-state index contributed by atoms with van der Waals surface area (Å²) >= 11 is 0. The van der Waals surface area contributed by atoms with Crippen LogP contribution < -0.4 is 10.6 Å². The molecule has 2 heteroatoms. The minimum atomic E-state index is 0.599. The molecule has 0 aromatic rings. The van der Waals surface area contributed by atoms with Crippen molar-refractivity contribution in [3.63, 3.8) is 0 Å². The van der Waals surface area contributed by atoms with E-state index in [2.05, 4.69) is 38.3 Å². The molecule has 0 aliphatic carbocycles. The molecule has 0 radical (unpaired) electrons. The van der Waals surface area contributed by atoms with Crippen molar-refractivity contribution in [2.24, 2.45) is 5.92 Å². The van der Waals surface area contributed by atoms with Crippen molar-refractivity contribution in [1.29, 1.82) is 0 Å². The highest BCUT2D eigenvalue weighted by molar-refractivity contribution is 4.67. The first kappa shape index (κ1) is 15.9. The van der Waals surface area contributed by atoms with Crippen molar-refractivity contribution < 1.29 is 0 Å². The zero-order chi connectivity index (χ0) is 12.2. The Bertz CT molecular complexity index is 137. The molecule has 16 heavy (non-hydrogen) atoms. The van der Waals surface area contributed by atoms with Crippen molar-refractivity contribution in [2.45, 2.75) is 65.8 Å². The van der Waals surface area contributed by atoms with Crippen LogP contribution in [-0.4, -0.2) is 25.7 Å². The van der Waals surface area contributed by atoms with Crippen molar-refractivity contribution in [3.05, 3.63) is 0 Å². The summed E-state index contributed by atoms with van der Waals surface area (Å²) in [5, 5.41) is 7.10. The highest BCUT2D eigenvalue weighted by atomic mass is 15.0. The fraction of sp³-hybridized carbons (Fsp3) is 1.00. The third-order valence-electron chi connectivity index (χ3n) is 3.18. The van der Waals surface area contributed by atoms with Gasteiger partial charge in [0.25, 0.3) is 0 Å². The average Bonchev–Trinajstić information content (AvgIpc) is 2.30. The lowest BCUT2D eigenvalue weighted by Crippen LogP contribution is -2.39. The predicted molar refractivity (Wildman–Crippen MR) is 73.9 cm³/mol. The molecule has 0 saturated heterocycles. The van der Waals surface area contributed by atoms with Crippen molar-refractivity contribution >= 4 is 0 Å². The third kappa shape index (κ3) is 9.17. The highest BCUT2D eigenvalue weighted by Crippen LogP contribution is 2.11. The van der Waals surface area contributed by atoms with E-state index in [4.69, 9.17) is 0 Å². The van der Waals surface area contributed by atoms with Crippen molar-refractivity contribution in [1.82, 2.24) is 10.6 Å². The van der Waals surface area contributed by atoms with Gasteiger partial charge < -0.3 is 10.6 Å². The van der Waals surface area contributed by atoms with Crippen LogP contribution >= 0.6 is 0 Å². The number of hydrogen-bond donors (Lipinski definition) is 2. The SMILES string of the molecule is CCCCC(CC)CNC(C)CNCCC.